The van der Waals surface area contributed by atoms with Crippen LogP contribution in [0.5, 0.6) is 0 Å². The van der Waals surface area contributed by atoms with Crippen LogP contribution in [0.3, 0.4) is 0 Å². The molecule has 250 valence electrons. The van der Waals surface area contributed by atoms with E-state index in [1.807, 2.05) is 33.8 Å². The summed E-state index contributed by atoms with van der Waals surface area (Å²) < 4.78 is 18.0. The Hall–Kier alpha value is -1.80. The van der Waals surface area contributed by atoms with E-state index >= 15 is 0 Å². The maximum atomic E-state index is 13.2. The van der Waals surface area contributed by atoms with Crippen LogP contribution in [0, 0.1) is 23.7 Å². The van der Waals surface area contributed by atoms with Crippen LogP contribution >= 0.6 is 12.0 Å². The summed E-state index contributed by atoms with van der Waals surface area (Å²) in [5, 5.41) is 35.9. The fourth-order valence-corrected chi connectivity index (χ4v) is 7.14. The van der Waals surface area contributed by atoms with Crippen LogP contribution < -0.4 is 0 Å². The van der Waals surface area contributed by atoms with E-state index in [1.165, 1.54) is 6.08 Å². The number of azide groups is 1. The van der Waals surface area contributed by atoms with Gasteiger partial charge >= 0.3 is 0 Å². The second-order valence-electron chi connectivity index (χ2n) is 12.4. The Morgan fingerprint density at radius 2 is 1.86 bits per heavy atom. The number of ether oxygens (including phenoxy) is 2. The number of aliphatic hydroxyl groups is 3. The summed E-state index contributed by atoms with van der Waals surface area (Å²) in [6, 6.07) is -0.604. The molecule has 1 saturated heterocycles. The van der Waals surface area contributed by atoms with Crippen molar-refractivity contribution in [2.45, 2.75) is 115 Å². The van der Waals surface area contributed by atoms with Crippen molar-refractivity contribution in [3.63, 3.8) is 0 Å². The number of hydrogen-bond acceptors (Lipinski definition) is 11. The van der Waals surface area contributed by atoms with Gasteiger partial charge in [0.15, 0.2) is 18.4 Å². The Morgan fingerprint density at radius 1 is 1.16 bits per heavy atom. The van der Waals surface area contributed by atoms with Gasteiger partial charge in [-0.25, -0.2) is 0 Å². The van der Waals surface area contributed by atoms with Crippen molar-refractivity contribution in [2.75, 3.05) is 20.6 Å². The number of aliphatic hydroxyl groups excluding tert-OH is 3. The summed E-state index contributed by atoms with van der Waals surface area (Å²) in [6.07, 6.45) is 2.90. The highest BCUT2D eigenvalue weighted by atomic mass is 32.2. The first kappa shape index (κ1) is 38.4. The van der Waals surface area contributed by atoms with Gasteiger partial charge in [-0.05, 0) is 89.1 Å². The van der Waals surface area contributed by atoms with E-state index in [2.05, 4.69) is 10.0 Å². The predicted octanol–water partition coefficient (Wildman–Crippen LogP) is 4.19. The van der Waals surface area contributed by atoms with E-state index in [9.17, 15) is 24.9 Å². The van der Waals surface area contributed by atoms with Crippen molar-refractivity contribution in [3.8, 4) is 0 Å². The Morgan fingerprint density at radius 3 is 2.48 bits per heavy atom. The van der Waals surface area contributed by atoms with E-state index in [0.717, 1.165) is 23.9 Å². The van der Waals surface area contributed by atoms with Crippen molar-refractivity contribution in [1.29, 1.82) is 0 Å². The Labute approximate surface area is 266 Å². The second-order valence-corrected chi connectivity index (χ2v) is 13.3. The minimum Gasteiger partial charge on any atom is -0.389 e. The van der Waals surface area contributed by atoms with Crippen LogP contribution in [0.4, 0.5) is 0 Å². The Kier molecular flexibility index (Phi) is 16.6. The first-order valence-electron chi connectivity index (χ1n) is 15.5. The third-order valence-corrected chi connectivity index (χ3v) is 10.0. The number of rotatable bonds is 9. The number of carbonyl (C=O) groups is 2. The van der Waals surface area contributed by atoms with E-state index in [1.54, 1.807) is 32.0 Å². The quantitative estimate of drug-likeness (QED) is 0.109. The van der Waals surface area contributed by atoms with Crippen LogP contribution in [0.15, 0.2) is 28.9 Å². The summed E-state index contributed by atoms with van der Waals surface area (Å²) in [7, 11) is 3.53. The molecule has 13 heteroatoms. The largest absolute Gasteiger partial charge is 0.389 e. The number of aldehydes is 1. The molecule has 0 radical (unpaired) electrons. The number of hydrogen-bond donors (Lipinski definition) is 3. The molecule has 0 bridgehead atoms. The van der Waals surface area contributed by atoms with Crippen LogP contribution in [0.1, 0.15) is 66.7 Å². The summed E-state index contributed by atoms with van der Waals surface area (Å²) in [4.78, 5) is 29.7. The zero-order valence-electron chi connectivity index (χ0n) is 27.1. The lowest BCUT2D eigenvalue weighted by atomic mass is 9.83. The molecule has 0 aromatic heterocycles. The maximum absolute atomic E-state index is 13.2. The number of allylic oxidation sites excluding steroid dienone is 3. The monoisotopic (exact) mass is 640 g/mol. The van der Waals surface area contributed by atoms with Gasteiger partial charge in [0.05, 0.1) is 24.4 Å². The first-order valence-corrected chi connectivity index (χ1v) is 16.3. The first-order chi connectivity index (χ1) is 20.8. The molecule has 0 spiro atoms. The topological polar surface area (TPSA) is 175 Å². The van der Waals surface area contributed by atoms with E-state index in [4.69, 9.17) is 19.2 Å². The summed E-state index contributed by atoms with van der Waals surface area (Å²) in [6.45, 7) is 9.50. The molecular formula is C31H52N4O8S. The minimum absolute atomic E-state index is 0.0777. The van der Waals surface area contributed by atoms with Crippen LogP contribution in [-0.2, 0) is 23.2 Å². The molecule has 44 heavy (non-hydrogen) atoms. The highest BCUT2D eigenvalue weighted by molar-refractivity contribution is 7.95. The normalized spacial score (nSPS) is 40.1. The van der Waals surface area contributed by atoms with Gasteiger partial charge in [-0.3, -0.25) is 8.98 Å². The van der Waals surface area contributed by atoms with Gasteiger partial charge < -0.3 is 34.5 Å². The lowest BCUT2D eigenvalue weighted by molar-refractivity contribution is -0.249. The standard InChI is InChI=1S/C31H52N4O8S/c1-8-25-23(17-33-34-32)15-18(2)9-11-24(37)20(4)16-22(13-14-36)30(19(3)10-12-26(38)42-25)44-43-31-29(40)27(35(6)7)28(39)21(5)41-31/h9,11,14-15,19-23,25-31,38-40H,8,10,12-13,16-17H2,1-7H3/b11-9+,18-15+/t19-,20+,21+,22-,23+,25+,26?,27?,28+,29?,30?,31-/m0/s1. The Balaban J connectivity index is 2.39. The smallest absolute Gasteiger partial charge is 0.198 e. The van der Waals surface area contributed by atoms with Gasteiger partial charge in [0.25, 0.3) is 0 Å². The fourth-order valence-electron chi connectivity index (χ4n) is 6.04. The third kappa shape index (κ3) is 11.2. The lowest BCUT2D eigenvalue weighted by Gasteiger charge is -2.44. The lowest BCUT2D eigenvalue weighted by Crippen LogP contribution is -2.62. The molecule has 1 fully saturated rings. The highest BCUT2D eigenvalue weighted by Gasteiger charge is 2.45. The number of carbonyl (C=O) groups excluding carboxylic acids is 2. The molecule has 0 saturated carbocycles. The van der Waals surface area contributed by atoms with E-state index in [0.29, 0.717) is 25.7 Å². The average molecular weight is 641 g/mol. The van der Waals surface area contributed by atoms with Gasteiger partial charge in [-0.2, -0.15) is 0 Å². The molecule has 2 aliphatic rings. The minimum atomic E-state index is -1.13. The fraction of sp³-hybridized carbons (Fsp3) is 0.806. The van der Waals surface area contributed by atoms with Crippen molar-refractivity contribution >= 4 is 24.1 Å². The molecular weight excluding hydrogens is 588 g/mol. The summed E-state index contributed by atoms with van der Waals surface area (Å²) in [5.74, 6) is -1.09. The van der Waals surface area contributed by atoms with Gasteiger partial charge in [0.1, 0.15) is 12.4 Å². The molecule has 0 aromatic carbocycles. The summed E-state index contributed by atoms with van der Waals surface area (Å²) >= 11 is 1.12. The molecule has 4 unspecified atom stereocenters. The third-order valence-electron chi connectivity index (χ3n) is 8.66. The summed E-state index contributed by atoms with van der Waals surface area (Å²) in [5.41, 5.74) is 9.71. The number of likely N-dealkylation sites (N-methyl/N-ethyl adjacent to an activating group) is 1. The molecule has 12 nitrogen and oxygen atoms in total. The van der Waals surface area contributed by atoms with E-state index < -0.39 is 43.0 Å². The van der Waals surface area contributed by atoms with Gasteiger partial charge in [0.2, 0.25) is 0 Å². The van der Waals surface area contributed by atoms with Crippen LogP contribution in [0.25, 0.3) is 10.4 Å². The molecule has 2 aliphatic heterocycles. The van der Waals surface area contributed by atoms with Crippen molar-refractivity contribution < 1.29 is 38.6 Å². The van der Waals surface area contributed by atoms with E-state index in [-0.39, 0.29) is 47.7 Å². The molecule has 2 rings (SSSR count). The van der Waals surface area contributed by atoms with Crippen molar-refractivity contribution in [1.82, 2.24) is 4.90 Å². The van der Waals surface area contributed by atoms with Crippen molar-refractivity contribution in [3.05, 3.63) is 34.2 Å². The average Bonchev–Trinajstić information content (AvgIpc) is 2.97. The number of nitrogens with zero attached hydrogens (tertiary/aromatic N) is 4. The van der Waals surface area contributed by atoms with Crippen LogP contribution in [-0.4, -0.2) is 101 Å². The van der Waals surface area contributed by atoms with Gasteiger partial charge in [0, 0.05) is 35.0 Å². The van der Waals surface area contributed by atoms with Gasteiger partial charge in [-0.1, -0.05) is 43.6 Å². The zero-order valence-corrected chi connectivity index (χ0v) is 27.9. The molecule has 3 N–H and O–H groups in total. The zero-order chi connectivity index (χ0) is 33.0. The van der Waals surface area contributed by atoms with Crippen molar-refractivity contribution in [2.24, 2.45) is 28.8 Å². The number of ketones is 1. The SMILES string of the molecule is CC[C@H]1OC(O)CC[C@H](C)C(SO[C@@H]2O[C@H](C)[C@@H](O)C(N(C)C)C2O)[C@@H](CC=O)C[C@@H](C)C(=O)/C=C/C(C)=C/[C@@H]1CN=[N+]=[N-]. The molecule has 0 aliphatic carbocycles. The van der Waals surface area contributed by atoms with Crippen LogP contribution in [0.2, 0.25) is 0 Å². The molecule has 2 heterocycles. The maximum Gasteiger partial charge on any atom is 0.198 e. The molecule has 12 atom stereocenters. The second kappa shape index (κ2) is 19.0. The Bertz CT molecular complexity index is 1020. The molecule has 0 amide bonds. The highest BCUT2D eigenvalue weighted by Crippen LogP contribution is 2.38. The van der Waals surface area contributed by atoms with Gasteiger partial charge in [-0.15, -0.1) is 0 Å². The molecule has 0 aromatic rings. The predicted molar refractivity (Wildman–Crippen MR) is 169 cm³/mol.